The van der Waals surface area contributed by atoms with Gasteiger partial charge in [0, 0.05) is 12.7 Å². The average molecular weight is 394 g/mol. The summed E-state index contributed by atoms with van der Waals surface area (Å²) in [6.45, 7) is 0.415. The third-order valence-electron chi connectivity index (χ3n) is 4.81. The van der Waals surface area contributed by atoms with Crippen molar-refractivity contribution in [2.75, 3.05) is 11.4 Å². The first-order valence-electron chi connectivity index (χ1n) is 8.46. The summed E-state index contributed by atoms with van der Waals surface area (Å²) in [7, 11) is 0. The van der Waals surface area contributed by atoms with Crippen LogP contribution in [0, 0.1) is 5.82 Å². The van der Waals surface area contributed by atoms with E-state index in [0.29, 0.717) is 25.2 Å². The van der Waals surface area contributed by atoms with E-state index in [0.717, 1.165) is 24.4 Å². The zero-order valence-electron chi connectivity index (χ0n) is 14.3. The van der Waals surface area contributed by atoms with Crippen LogP contribution in [0.2, 0.25) is 0 Å². The number of fused-ring (bicyclic) bond motifs is 1. The number of aromatic carboxylic acids is 1. The minimum Gasteiger partial charge on any atom is -0.477 e. The Morgan fingerprint density at radius 3 is 2.75 bits per heavy atom. The topological polar surface area (TPSA) is 70.7 Å². The predicted molar refractivity (Wildman–Crippen MR) is 90.7 cm³/mol. The molecule has 0 aliphatic carbocycles. The number of anilines is 1. The summed E-state index contributed by atoms with van der Waals surface area (Å²) in [5, 5.41) is 13.1. The van der Waals surface area contributed by atoms with Crippen molar-refractivity contribution in [1.29, 1.82) is 0 Å². The Labute approximate surface area is 156 Å². The lowest BCUT2D eigenvalue weighted by atomic mass is 9.97. The second-order valence-electron chi connectivity index (χ2n) is 6.50. The van der Waals surface area contributed by atoms with Crippen molar-refractivity contribution in [3.63, 3.8) is 0 Å². The van der Waals surface area contributed by atoms with Crippen LogP contribution in [0.25, 0.3) is 5.65 Å². The zero-order chi connectivity index (χ0) is 20.1. The SMILES string of the molecule is O=C(O)c1cnn2ccc(N3CCCC3c3cc(F)ccc3C(F)(F)F)nc12. The van der Waals surface area contributed by atoms with Crippen LogP contribution in [0.4, 0.5) is 23.4 Å². The second-order valence-corrected chi connectivity index (χ2v) is 6.50. The highest BCUT2D eigenvalue weighted by Gasteiger charge is 2.38. The van der Waals surface area contributed by atoms with Gasteiger partial charge in [0.2, 0.25) is 0 Å². The fraction of sp³-hybridized carbons (Fsp3) is 0.278. The third-order valence-corrected chi connectivity index (χ3v) is 4.81. The van der Waals surface area contributed by atoms with Gasteiger partial charge in [0.1, 0.15) is 17.2 Å². The predicted octanol–water partition coefficient (Wildman–Crippen LogP) is 3.93. The van der Waals surface area contributed by atoms with Gasteiger partial charge >= 0.3 is 12.1 Å². The molecule has 28 heavy (non-hydrogen) atoms. The molecule has 3 aromatic rings. The maximum atomic E-state index is 13.7. The van der Waals surface area contributed by atoms with E-state index in [2.05, 4.69) is 10.1 Å². The summed E-state index contributed by atoms with van der Waals surface area (Å²) in [4.78, 5) is 17.3. The zero-order valence-corrected chi connectivity index (χ0v) is 14.3. The highest BCUT2D eigenvalue weighted by Crippen LogP contribution is 2.42. The molecule has 1 aliphatic heterocycles. The second kappa shape index (κ2) is 6.47. The molecule has 10 heteroatoms. The van der Waals surface area contributed by atoms with Crippen molar-refractivity contribution >= 4 is 17.4 Å². The van der Waals surface area contributed by atoms with Gasteiger partial charge in [-0.05, 0) is 42.7 Å². The van der Waals surface area contributed by atoms with Crippen molar-refractivity contribution in [2.24, 2.45) is 0 Å². The van der Waals surface area contributed by atoms with Crippen LogP contribution in [-0.4, -0.2) is 32.2 Å². The number of rotatable bonds is 3. The number of nitrogens with zero attached hydrogens (tertiary/aromatic N) is 4. The molecular formula is C18H14F4N4O2. The lowest BCUT2D eigenvalue weighted by molar-refractivity contribution is -0.138. The van der Waals surface area contributed by atoms with Crippen molar-refractivity contribution in [3.05, 3.63) is 59.2 Å². The Kier molecular flexibility index (Phi) is 4.20. The number of hydrogen-bond acceptors (Lipinski definition) is 4. The number of aromatic nitrogens is 3. The van der Waals surface area contributed by atoms with Crippen LogP contribution in [0.3, 0.4) is 0 Å². The molecule has 1 aliphatic rings. The highest BCUT2D eigenvalue weighted by atomic mass is 19.4. The lowest BCUT2D eigenvalue weighted by Crippen LogP contribution is -2.26. The van der Waals surface area contributed by atoms with Crippen LogP contribution >= 0.6 is 0 Å². The number of hydrogen-bond donors (Lipinski definition) is 1. The van der Waals surface area contributed by atoms with E-state index >= 15 is 0 Å². The first kappa shape index (κ1) is 18.2. The van der Waals surface area contributed by atoms with Crippen molar-refractivity contribution in [1.82, 2.24) is 14.6 Å². The molecule has 0 radical (unpaired) electrons. The van der Waals surface area contributed by atoms with E-state index in [4.69, 9.17) is 0 Å². The van der Waals surface area contributed by atoms with Gasteiger partial charge in [0.15, 0.2) is 5.65 Å². The first-order chi connectivity index (χ1) is 13.3. The molecule has 1 aromatic carbocycles. The summed E-state index contributed by atoms with van der Waals surface area (Å²) < 4.78 is 55.3. The van der Waals surface area contributed by atoms with Crippen LogP contribution in [0.1, 0.15) is 40.4 Å². The maximum absolute atomic E-state index is 13.7. The third kappa shape index (κ3) is 3.04. The molecule has 1 atom stereocenters. The van der Waals surface area contributed by atoms with Crippen LogP contribution in [-0.2, 0) is 6.18 Å². The van der Waals surface area contributed by atoms with E-state index in [1.807, 2.05) is 0 Å². The summed E-state index contributed by atoms with van der Waals surface area (Å²) in [6, 6.07) is 3.28. The van der Waals surface area contributed by atoms with E-state index in [9.17, 15) is 27.5 Å². The molecule has 0 spiro atoms. The van der Waals surface area contributed by atoms with E-state index in [-0.39, 0.29) is 16.8 Å². The molecule has 2 aromatic heterocycles. The summed E-state index contributed by atoms with van der Waals surface area (Å²) >= 11 is 0. The Hall–Kier alpha value is -3.17. The first-order valence-corrected chi connectivity index (χ1v) is 8.46. The fourth-order valence-corrected chi connectivity index (χ4v) is 3.60. The number of halogens is 4. The van der Waals surface area contributed by atoms with Crippen LogP contribution in [0.5, 0.6) is 0 Å². The Morgan fingerprint density at radius 1 is 1.25 bits per heavy atom. The molecule has 0 bridgehead atoms. The standard InChI is InChI=1S/C18H14F4N4O2/c19-10-3-4-13(18(20,21)22)11(8-10)14-2-1-6-25(14)15-5-7-26-16(24-15)12(9-23-26)17(27)28/h3-5,7-9,14H,1-2,6H2,(H,27,28). The van der Waals surface area contributed by atoms with Crippen molar-refractivity contribution < 1.29 is 27.5 Å². The molecule has 0 saturated carbocycles. The number of alkyl halides is 3. The van der Waals surface area contributed by atoms with Gasteiger partial charge < -0.3 is 10.0 Å². The van der Waals surface area contributed by atoms with Gasteiger partial charge in [-0.3, -0.25) is 0 Å². The summed E-state index contributed by atoms with van der Waals surface area (Å²) in [5.74, 6) is -1.64. The molecule has 1 N–H and O–H groups in total. The van der Waals surface area contributed by atoms with Gasteiger partial charge in [-0.15, -0.1) is 0 Å². The molecule has 146 valence electrons. The quantitative estimate of drug-likeness (QED) is 0.682. The maximum Gasteiger partial charge on any atom is 0.416 e. The molecule has 1 unspecified atom stereocenters. The van der Waals surface area contributed by atoms with Crippen LogP contribution < -0.4 is 4.90 Å². The van der Waals surface area contributed by atoms with Crippen molar-refractivity contribution in [3.8, 4) is 0 Å². The monoisotopic (exact) mass is 394 g/mol. The van der Waals surface area contributed by atoms with Crippen molar-refractivity contribution in [2.45, 2.75) is 25.1 Å². The van der Waals surface area contributed by atoms with Crippen LogP contribution in [0.15, 0.2) is 36.7 Å². The van der Waals surface area contributed by atoms with Gasteiger partial charge in [0.05, 0.1) is 17.8 Å². The molecule has 0 amide bonds. The van der Waals surface area contributed by atoms with E-state index < -0.39 is 29.6 Å². The van der Waals surface area contributed by atoms with E-state index in [1.54, 1.807) is 11.0 Å². The summed E-state index contributed by atoms with van der Waals surface area (Å²) in [6.07, 6.45) is -0.975. The summed E-state index contributed by atoms with van der Waals surface area (Å²) in [5.41, 5.74) is -1.06. The smallest absolute Gasteiger partial charge is 0.416 e. The number of carboxylic acids is 1. The molecule has 1 saturated heterocycles. The van der Waals surface area contributed by atoms with Gasteiger partial charge in [-0.25, -0.2) is 18.7 Å². The normalized spacial score (nSPS) is 17.4. The number of carboxylic acid groups (broad SMARTS) is 1. The lowest BCUT2D eigenvalue weighted by Gasteiger charge is -2.28. The van der Waals surface area contributed by atoms with E-state index in [1.165, 1.54) is 10.7 Å². The Bertz CT molecular complexity index is 1060. The Morgan fingerprint density at radius 2 is 2.04 bits per heavy atom. The fourth-order valence-electron chi connectivity index (χ4n) is 3.60. The largest absolute Gasteiger partial charge is 0.477 e. The number of benzene rings is 1. The average Bonchev–Trinajstić information content (AvgIpc) is 3.27. The number of carbonyl (C=O) groups is 1. The van der Waals surface area contributed by atoms with Gasteiger partial charge in [-0.2, -0.15) is 18.3 Å². The minimum absolute atomic E-state index is 0.0888. The Balaban J connectivity index is 1.80. The van der Waals surface area contributed by atoms with Gasteiger partial charge in [-0.1, -0.05) is 0 Å². The minimum atomic E-state index is -4.61. The molecule has 4 rings (SSSR count). The van der Waals surface area contributed by atoms with Gasteiger partial charge in [0.25, 0.3) is 0 Å². The highest BCUT2D eigenvalue weighted by molar-refractivity contribution is 5.94. The molecule has 3 heterocycles. The molecular weight excluding hydrogens is 380 g/mol. The molecule has 1 fully saturated rings. The molecule has 6 nitrogen and oxygen atoms in total.